The third-order valence-corrected chi connectivity index (χ3v) is 2.98. The molecule has 1 heterocycles. The van der Waals surface area contributed by atoms with Crippen molar-refractivity contribution in [3.05, 3.63) is 40.4 Å². The molecule has 0 aliphatic carbocycles. The van der Waals surface area contributed by atoms with Gasteiger partial charge in [-0.05, 0) is 17.7 Å². The summed E-state index contributed by atoms with van der Waals surface area (Å²) in [4.78, 5) is 8.32. The van der Waals surface area contributed by atoms with Gasteiger partial charge >= 0.3 is 0 Å². The van der Waals surface area contributed by atoms with E-state index in [-0.39, 0.29) is 11.4 Å². The fourth-order valence-electron chi connectivity index (χ4n) is 1.69. The minimum atomic E-state index is -0.464. The summed E-state index contributed by atoms with van der Waals surface area (Å²) >= 11 is 5.85. The van der Waals surface area contributed by atoms with Crippen molar-refractivity contribution in [3.63, 3.8) is 0 Å². The fourth-order valence-corrected chi connectivity index (χ4v) is 1.92. The Bertz CT molecular complexity index is 615. The smallest absolute Gasteiger partial charge is 0.220 e. The molecule has 0 saturated carbocycles. The molecule has 0 aliphatic rings. The Labute approximate surface area is 120 Å². The Balaban J connectivity index is 2.39. The van der Waals surface area contributed by atoms with Gasteiger partial charge in [-0.15, -0.1) is 0 Å². The Kier molecular flexibility index (Phi) is 4.24. The molecule has 0 amide bonds. The number of methoxy groups -OCH3 is 2. The second-order valence-corrected chi connectivity index (χ2v) is 4.41. The summed E-state index contributed by atoms with van der Waals surface area (Å²) in [5, 5.41) is 0.162. The molecule has 0 fully saturated rings. The zero-order valence-corrected chi connectivity index (χ0v) is 11.7. The van der Waals surface area contributed by atoms with E-state index in [0.29, 0.717) is 28.8 Å². The van der Waals surface area contributed by atoms with Gasteiger partial charge in [-0.25, -0.2) is 4.39 Å². The highest BCUT2D eigenvalue weighted by molar-refractivity contribution is 6.33. The Morgan fingerprint density at radius 3 is 2.30 bits per heavy atom. The Morgan fingerprint density at radius 2 is 1.75 bits per heavy atom. The van der Waals surface area contributed by atoms with Gasteiger partial charge in [0, 0.05) is 6.42 Å². The summed E-state index contributed by atoms with van der Waals surface area (Å²) in [6.07, 6.45) is 0.219. The lowest BCUT2D eigenvalue weighted by Gasteiger charge is -2.09. The minimum Gasteiger partial charge on any atom is -0.481 e. The van der Waals surface area contributed by atoms with E-state index in [0.717, 1.165) is 6.07 Å². The monoisotopic (exact) mass is 297 g/mol. The second-order valence-electron chi connectivity index (χ2n) is 4.01. The van der Waals surface area contributed by atoms with Gasteiger partial charge in [-0.1, -0.05) is 11.6 Å². The summed E-state index contributed by atoms with van der Waals surface area (Å²) in [6.45, 7) is 0. The SMILES string of the molecule is COc1cc(OC)nc(Cc2cc(F)cc(Cl)c2N)n1. The highest BCUT2D eigenvalue weighted by Gasteiger charge is 2.11. The molecular weight excluding hydrogens is 285 g/mol. The lowest BCUT2D eigenvalue weighted by atomic mass is 10.1. The van der Waals surface area contributed by atoms with E-state index < -0.39 is 5.82 Å². The summed E-state index contributed by atoms with van der Waals surface area (Å²) in [6, 6.07) is 4.01. The van der Waals surface area contributed by atoms with Crippen LogP contribution in [0.4, 0.5) is 10.1 Å². The van der Waals surface area contributed by atoms with Crippen LogP contribution >= 0.6 is 11.6 Å². The maximum atomic E-state index is 13.4. The number of nitrogens with two attached hydrogens (primary N) is 1. The van der Waals surface area contributed by atoms with E-state index in [1.807, 2.05) is 0 Å². The topological polar surface area (TPSA) is 70.3 Å². The number of hydrogen-bond donors (Lipinski definition) is 1. The first-order chi connectivity index (χ1) is 9.53. The van der Waals surface area contributed by atoms with Crippen molar-refractivity contribution >= 4 is 17.3 Å². The molecule has 0 spiro atoms. The number of anilines is 1. The minimum absolute atomic E-state index is 0.162. The number of ether oxygens (including phenoxy) is 2. The van der Waals surface area contributed by atoms with Crippen LogP contribution in [0.3, 0.4) is 0 Å². The first kappa shape index (κ1) is 14.3. The average Bonchev–Trinajstić information content (AvgIpc) is 2.43. The number of hydrogen-bond acceptors (Lipinski definition) is 5. The molecule has 106 valence electrons. The average molecular weight is 298 g/mol. The number of rotatable bonds is 4. The summed E-state index contributed by atoms with van der Waals surface area (Å²) in [7, 11) is 2.97. The molecule has 0 aliphatic heterocycles. The number of nitrogens with zero attached hydrogens (tertiary/aromatic N) is 2. The van der Waals surface area contributed by atoms with Gasteiger partial charge in [-0.2, -0.15) is 9.97 Å². The van der Waals surface area contributed by atoms with Gasteiger partial charge in [0.05, 0.1) is 31.0 Å². The van der Waals surface area contributed by atoms with Gasteiger partial charge in [0.25, 0.3) is 0 Å². The zero-order valence-electron chi connectivity index (χ0n) is 11.0. The maximum Gasteiger partial charge on any atom is 0.220 e. The van der Waals surface area contributed by atoms with Crippen LogP contribution in [0.1, 0.15) is 11.4 Å². The zero-order chi connectivity index (χ0) is 14.7. The van der Waals surface area contributed by atoms with Crippen LogP contribution in [-0.2, 0) is 6.42 Å². The quantitative estimate of drug-likeness (QED) is 0.878. The first-order valence-corrected chi connectivity index (χ1v) is 6.10. The number of nitrogen functional groups attached to an aromatic ring is 1. The molecule has 2 rings (SSSR count). The van der Waals surface area contributed by atoms with Crippen LogP contribution in [0.5, 0.6) is 11.8 Å². The fraction of sp³-hybridized carbons (Fsp3) is 0.231. The molecule has 0 atom stereocenters. The molecule has 0 saturated heterocycles. The molecule has 1 aromatic heterocycles. The van der Waals surface area contributed by atoms with Crippen molar-refractivity contribution in [2.24, 2.45) is 0 Å². The molecule has 20 heavy (non-hydrogen) atoms. The second kappa shape index (κ2) is 5.92. The standard InChI is InChI=1S/C13H13ClFN3O2/c1-19-11-6-12(20-2)18-10(17-11)4-7-3-8(15)5-9(14)13(7)16/h3,5-6H,4,16H2,1-2H3. The van der Waals surface area contributed by atoms with E-state index in [2.05, 4.69) is 9.97 Å². The van der Waals surface area contributed by atoms with Crippen molar-refractivity contribution in [1.82, 2.24) is 9.97 Å². The van der Waals surface area contributed by atoms with Gasteiger partial charge < -0.3 is 15.2 Å². The van der Waals surface area contributed by atoms with E-state index >= 15 is 0 Å². The summed E-state index contributed by atoms with van der Waals surface area (Å²) in [5.74, 6) is 0.643. The van der Waals surface area contributed by atoms with Crippen LogP contribution in [-0.4, -0.2) is 24.2 Å². The molecular formula is C13H13ClFN3O2. The molecule has 2 aromatic rings. The van der Waals surface area contributed by atoms with Gasteiger partial charge in [-0.3, -0.25) is 0 Å². The van der Waals surface area contributed by atoms with Crippen LogP contribution in [0.25, 0.3) is 0 Å². The Hall–Kier alpha value is -2.08. The van der Waals surface area contributed by atoms with Crippen LogP contribution in [0.15, 0.2) is 18.2 Å². The number of halogens is 2. The largest absolute Gasteiger partial charge is 0.481 e. The van der Waals surface area contributed by atoms with Gasteiger partial charge in [0.15, 0.2) is 0 Å². The lowest BCUT2D eigenvalue weighted by Crippen LogP contribution is -2.04. The van der Waals surface area contributed by atoms with Crippen molar-refractivity contribution < 1.29 is 13.9 Å². The van der Waals surface area contributed by atoms with Crippen molar-refractivity contribution in [1.29, 1.82) is 0 Å². The Morgan fingerprint density at radius 1 is 1.15 bits per heavy atom. The molecule has 0 unspecified atom stereocenters. The van der Waals surface area contributed by atoms with Crippen LogP contribution in [0.2, 0.25) is 5.02 Å². The predicted octanol–water partition coefficient (Wildman–Crippen LogP) is 2.46. The molecule has 2 N–H and O–H groups in total. The van der Waals surface area contributed by atoms with Crippen LogP contribution < -0.4 is 15.2 Å². The van der Waals surface area contributed by atoms with E-state index in [4.69, 9.17) is 26.8 Å². The van der Waals surface area contributed by atoms with E-state index in [1.165, 1.54) is 20.3 Å². The van der Waals surface area contributed by atoms with E-state index in [9.17, 15) is 4.39 Å². The highest BCUT2D eigenvalue weighted by atomic mass is 35.5. The van der Waals surface area contributed by atoms with Crippen LogP contribution in [0, 0.1) is 5.82 Å². The summed E-state index contributed by atoms with van der Waals surface area (Å²) in [5.41, 5.74) is 6.63. The van der Waals surface area contributed by atoms with Crippen molar-refractivity contribution in [2.75, 3.05) is 20.0 Å². The molecule has 7 heteroatoms. The number of benzene rings is 1. The maximum absolute atomic E-state index is 13.4. The third kappa shape index (κ3) is 3.08. The van der Waals surface area contributed by atoms with Gasteiger partial charge in [0.1, 0.15) is 11.6 Å². The summed E-state index contributed by atoms with van der Waals surface area (Å²) < 4.78 is 23.5. The van der Waals surface area contributed by atoms with E-state index in [1.54, 1.807) is 6.07 Å². The molecule has 5 nitrogen and oxygen atoms in total. The molecule has 1 aromatic carbocycles. The molecule has 0 bridgehead atoms. The highest BCUT2D eigenvalue weighted by Crippen LogP contribution is 2.26. The van der Waals surface area contributed by atoms with Crippen molar-refractivity contribution in [2.45, 2.75) is 6.42 Å². The van der Waals surface area contributed by atoms with Crippen molar-refractivity contribution in [3.8, 4) is 11.8 Å². The predicted molar refractivity (Wildman–Crippen MR) is 73.8 cm³/mol. The number of aromatic nitrogens is 2. The lowest BCUT2D eigenvalue weighted by molar-refractivity contribution is 0.369. The van der Waals surface area contributed by atoms with Gasteiger partial charge in [0.2, 0.25) is 11.8 Å². The normalized spacial score (nSPS) is 10.4. The third-order valence-electron chi connectivity index (χ3n) is 2.67. The molecule has 0 radical (unpaired) electrons. The first-order valence-electron chi connectivity index (χ1n) is 5.72.